The van der Waals surface area contributed by atoms with Gasteiger partial charge in [0.25, 0.3) is 0 Å². The highest BCUT2D eigenvalue weighted by molar-refractivity contribution is 6.11. The number of aryl methyl sites for hydroxylation is 2. The average Bonchev–Trinajstić information content (AvgIpc) is 2.41. The zero-order valence-electron chi connectivity index (χ0n) is 10.5. The van der Waals surface area contributed by atoms with Gasteiger partial charge < -0.3 is 5.11 Å². The summed E-state index contributed by atoms with van der Waals surface area (Å²) in [6.07, 6.45) is 1.97. The molecule has 96 valence electrons. The molecule has 0 amide bonds. The van der Waals surface area contributed by atoms with Gasteiger partial charge in [-0.05, 0) is 34.7 Å². The molecule has 3 heteroatoms. The van der Waals surface area contributed by atoms with Crippen LogP contribution >= 0.6 is 0 Å². The van der Waals surface area contributed by atoms with Crippen molar-refractivity contribution in [1.29, 1.82) is 0 Å². The van der Waals surface area contributed by atoms with Crippen molar-refractivity contribution in [1.82, 2.24) is 0 Å². The molecule has 0 aromatic heterocycles. The van der Waals surface area contributed by atoms with E-state index in [2.05, 4.69) is 0 Å². The summed E-state index contributed by atoms with van der Waals surface area (Å²) in [6.45, 7) is 0. The SMILES string of the molecule is O=C(O)CCc1ccc2c3c(cccc13)C(=O)CC2. The standard InChI is InChI=1S/C16H14O3/c17-14-8-6-11-5-4-10(7-9-15(18)19)12-2-1-3-13(14)16(11)12/h1-5H,6-9H2,(H,18,19). The first-order valence-electron chi connectivity index (χ1n) is 6.45. The van der Waals surface area contributed by atoms with Gasteiger partial charge in [-0.3, -0.25) is 9.59 Å². The van der Waals surface area contributed by atoms with Crippen LogP contribution in [0.3, 0.4) is 0 Å². The van der Waals surface area contributed by atoms with E-state index in [9.17, 15) is 9.59 Å². The average molecular weight is 254 g/mol. The highest BCUT2D eigenvalue weighted by Gasteiger charge is 2.19. The maximum Gasteiger partial charge on any atom is 0.303 e. The largest absolute Gasteiger partial charge is 0.481 e. The van der Waals surface area contributed by atoms with Crippen molar-refractivity contribution in [2.24, 2.45) is 0 Å². The molecule has 0 heterocycles. The summed E-state index contributed by atoms with van der Waals surface area (Å²) in [5, 5.41) is 10.9. The number of carbonyl (C=O) groups is 2. The lowest BCUT2D eigenvalue weighted by atomic mass is 9.85. The zero-order chi connectivity index (χ0) is 13.4. The van der Waals surface area contributed by atoms with E-state index < -0.39 is 5.97 Å². The first-order chi connectivity index (χ1) is 9.16. The number of carbonyl (C=O) groups excluding carboxylic acids is 1. The molecule has 2 aromatic carbocycles. The highest BCUT2D eigenvalue weighted by Crippen LogP contribution is 2.32. The van der Waals surface area contributed by atoms with Gasteiger partial charge in [-0.2, -0.15) is 0 Å². The fourth-order valence-electron chi connectivity index (χ4n) is 2.82. The smallest absolute Gasteiger partial charge is 0.303 e. The summed E-state index contributed by atoms with van der Waals surface area (Å²) in [7, 11) is 0. The van der Waals surface area contributed by atoms with Gasteiger partial charge in [0.2, 0.25) is 0 Å². The van der Waals surface area contributed by atoms with Crippen LogP contribution in [0.1, 0.15) is 34.3 Å². The third-order valence-electron chi connectivity index (χ3n) is 3.75. The van der Waals surface area contributed by atoms with Crippen LogP contribution in [0.4, 0.5) is 0 Å². The first kappa shape index (κ1) is 11.9. The van der Waals surface area contributed by atoms with Gasteiger partial charge in [0, 0.05) is 18.4 Å². The molecule has 1 aliphatic carbocycles. The lowest BCUT2D eigenvalue weighted by Gasteiger charge is -2.18. The normalized spacial score (nSPS) is 13.8. The van der Waals surface area contributed by atoms with Crippen LogP contribution in [0, 0.1) is 0 Å². The predicted molar refractivity (Wildman–Crippen MR) is 72.6 cm³/mol. The number of carboxylic acids is 1. The van der Waals surface area contributed by atoms with Crippen LogP contribution in [0.25, 0.3) is 10.8 Å². The molecule has 1 aliphatic rings. The maximum atomic E-state index is 12.0. The summed E-state index contributed by atoms with van der Waals surface area (Å²) in [4.78, 5) is 22.7. The molecule has 3 rings (SSSR count). The predicted octanol–water partition coefficient (Wildman–Crippen LogP) is 2.99. The zero-order valence-corrected chi connectivity index (χ0v) is 10.5. The van der Waals surface area contributed by atoms with Crippen LogP contribution < -0.4 is 0 Å². The van der Waals surface area contributed by atoms with E-state index in [0.29, 0.717) is 12.8 Å². The van der Waals surface area contributed by atoms with Crippen LogP contribution in [-0.4, -0.2) is 16.9 Å². The summed E-state index contributed by atoms with van der Waals surface area (Å²) in [6, 6.07) is 9.77. The van der Waals surface area contributed by atoms with Crippen LogP contribution in [-0.2, 0) is 17.6 Å². The Morgan fingerprint density at radius 1 is 1.16 bits per heavy atom. The van der Waals surface area contributed by atoms with Gasteiger partial charge in [0.1, 0.15) is 0 Å². The van der Waals surface area contributed by atoms with Gasteiger partial charge in [0.15, 0.2) is 5.78 Å². The minimum absolute atomic E-state index is 0.118. The van der Waals surface area contributed by atoms with Crippen LogP contribution in [0.5, 0.6) is 0 Å². The van der Waals surface area contributed by atoms with Gasteiger partial charge in [0.05, 0.1) is 0 Å². The lowest BCUT2D eigenvalue weighted by Crippen LogP contribution is -2.10. The Hall–Kier alpha value is -2.16. The Kier molecular flexibility index (Phi) is 2.82. The minimum Gasteiger partial charge on any atom is -0.481 e. The van der Waals surface area contributed by atoms with Crippen molar-refractivity contribution in [3.8, 4) is 0 Å². The molecule has 0 radical (unpaired) electrons. The molecule has 0 spiro atoms. The van der Waals surface area contributed by atoms with Crippen molar-refractivity contribution >= 4 is 22.5 Å². The molecular formula is C16H14O3. The molecule has 0 aliphatic heterocycles. The number of ketones is 1. The van der Waals surface area contributed by atoms with Crippen molar-refractivity contribution < 1.29 is 14.7 Å². The fourth-order valence-corrected chi connectivity index (χ4v) is 2.82. The molecule has 0 unspecified atom stereocenters. The number of benzene rings is 2. The summed E-state index contributed by atoms with van der Waals surface area (Å²) >= 11 is 0. The highest BCUT2D eigenvalue weighted by atomic mass is 16.4. The molecular weight excluding hydrogens is 240 g/mol. The topological polar surface area (TPSA) is 54.4 Å². The number of hydrogen-bond donors (Lipinski definition) is 1. The van der Waals surface area contributed by atoms with Gasteiger partial charge in [-0.15, -0.1) is 0 Å². The second-order valence-corrected chi connectivity index (χ2v) is 4.93. The monoisotopic (exact) mass is 254 g/mol. The fraction of sp³-hybridized carbons (Fsp3) is 0.250. The number of rotatable bonds is 3. The number of aliphatic carboxylic acids is 1. The van der Waals surface area contributed by atoms with Crippen molar-refractivity contribution in [2.45, 2.75) is 25.7 Å². The molecule has 0 saturated carbocycles. The summed E-state index contributed by atoms with van der Waals surface area (Å²) < 4.78 is 0. The number of carboxylic acid groups (broad SMARTS) is 1. The van der Waals surface area contributed by atoms with Crippen LogP contribution in [0.2, 0.25) is 0 Å². The molecule has 0 saturated heterocycles. The quantitative estimate of drug-likeness (QED) is 0.916. The Labute approximate surface area is 110 Å². The lowest BCUT2D eigenvalue weighted by molar-refractivity contribution is -0.136. The number of hydrogen-bond acceptors (Lipinski definition) is 2. The molecule has 2 aromatic rings. The third kappa shape index (κ3) is 2.01. The van der Waals surface area contributed by atoms with E-state index in [0.717, 1.165) is 28.3 Å². The Morgan fingerprint density at radius 2 is 2.00 bits per heavy atom. The van der Waals surface area contributed by atoms with E-state index >= 15 is 0 Å². The number of Topliss-reactive ketones (excluding diaryl/α,β-unsaturated/α-hetero) is 1. The summed E-state index contributed by atoms with van der Waals surface area (Å²) in [5.41, 5.74) is 3.00. The Bertz CT molecular complexity index is 686. The summed E-state index contributed by atoms with van der Waals surface area (Å²) in [5.74, 6) is -0.606. The third-order valence-corrected chi connectivity index (χ3v) is 3.75. The van der Waals surface area contributed by atoms with Crippen LogP contribution in [0.15, 0.2) is 30.3 Å². The van der Waals surface area contributed by atoms with Gasteiger partial charge >= 0.3 is 5.97 Å². The maximum absolute atomic E-state index is 12.0. The molecule has 0 atom stereocenters. The van der Waals surface area contributed by atoms with E-state index in [4.69, 9.17) is 5.11 Å². The van der Waals surface area contributed by atoms with Gasteiger partial charge in [-0.25, -0.2) is 0 Å². The Morgan fingerprint density at radius 3 is 2.79 bits per heavy atom. The van der Waals surface area contributed by atoms with Gasteiger partial charge in [-0.1, -0.05) is 30.3 Å². The molecule has 3 nitrogen and oxygen atoms in total. The van der Waals surface area contributed by atoms with Crippen molar-refractivity contribution in [3.63, 3.8) is 0 Å². The molecule has 19 heavy (non-hydrogen) atoms. The molecule has 0 fully saturated rings. The van der Waals surface area contributed by atoms with E-state index in [1.165, 1.54) is 5.56 Å². The van der Waals surface area contributed by atoms with E-state index in [-0.39, 0.29) is 12.2 Å². The second kappa shape index (κ2) is 4.50. The minimum atomic E-state index is -0.795. The van der Waals surface area contributed by atoms with E-state index in [1.807, 2.05) is 30.3 Å². The van der Waals surface area contributed by atoms with Crippen molar-refractivity contribution in [3.05, 3.63) is 47.0 Å². The molecule has 1 N–H and O–H groups in total. The van der Waals surface area contributed by atoms with E-state index in [1.54, 1.807) is 0 Å². The Balaban J connectivity index is 2.18. The van der Waals surface area contributed by atoms with Crippen molar-refractivity contribution in [2.75, 3.05) is 0 Å². The molecule has 0 bridgehead atoms. The first-order valence-corrected chi connectivity index (χ1v) is 6.45. The second-order valence-electron chi connectivity index (χ2n) is 4.93.